The van der Waals surface area contributed by atoms with Crippen molar-refractivity contribution in [1.82, 2.24) is 0 Å². The molecule has 23 heavy (non-hydrogen) atoms. The summed E-state index contributed by atoms with van der Waals surface area (Å²) in [6.07, 6.45) is 0. The first-order valence-electron chi connectivity index (χ1n) is 7.22. The van der Waals surface area contributed by atoms with Gasteiger partial charge in [-0.2, -0.15) is 0 Å². The number of hydrogen-bond acceptors (Lipinski definition) is 3. The SMILES string of the molecule is Oc1ccc(C(Nc2ccccc2Cl)c2ccc(O)cc2)cc1. The Morgan fingerprint density at radius 3 is 1.65 bits per heavy atom. The molecule has 0 fully saturated rings. The molecule has 0 aliphatic heterocycles. The van der Waals surface area contributed by atoms with Crippen molar-refractivity contribution in [2.45, 2.75) is 6.04 Å². The standard InChI is InChI=1S/C19H16ClNO2/c20-17-3-1-2-4-18(17)21-19(13-5-9-15(22)10-6-13)14-7-11-16(23)12-8-14/h1-12,19,21-23H. The monoisotopic (exact) mass is 325 g/mol. The topological polar surface area (TPSA) is 52.5 Å². The van der Waals surface area contributed by atoms with E-state index >= 15 is 0 Å². The molecule has 3 rings (SSSR count). The molecule has 3 aromatic rings. The third-order valence-electron chi connectivity index (χ3n) is 3.63. The molecule has 116 valence electrons. The van der Waals surface area contributed by atoms with Gasteiger partial charge < -0.3 is 15.5 Å². The summed E-state index contributed by atoms with van der Waals surface area (Å²) >= 11 is 6.25. The van der Waals surface area contributed by atoms with E-state index in [0.717, 1.165) is 16.8 Å². The smallest absolute Gasteiger partial charge is 0.115 e. The highest BCUT2D eigenvalue weighted by Gasteiger charge is 2.15. The molecular formula is C19H16ClNO2. The molecule has 3 nitrogen and oxygen atoms in total. The largest absolute Gasteiger partial charge is 0.508 e. The highest BCUT2D eigenvalue weighted by Crippen LogP contribution is 2.31. The molecule has 0 aliphatic rings. The highest BCUT2D eigenvalue weighted by molar-refractivity contribution is 6.33. The maximum absolute atomic E-state index is 9.50. The van der Waals surface area contributed by atoms with Gasteiger partial charge in [-0.3, -0.25) is 0 Å². The first kappa shape index (κ1) is 15.3. The Bertz CT molecular complexity index is 740. The second-order valence-corrected chi connectivity index (χ2v) is 5.65. The first-order chi connectivity index (χ1) is 11.1. The van der Waals surface area contributed by atoms with E-state index in [0.29, 0.717) is 5.02 Å². The van der Waals surface area contributed by atoms with Crippen LogP contribution >= 0.6 is 11.6 Å². The molecule has 0 amide bonds. The Labute approximate surface area is 139 Å². The summed E-state index contributed by atoms with van der Waals surface area (Å²) in [7, 11) is 0. The maximum atomic E-state index is 9.50. The van der Waals surface area contributed by atoms with E-state index in [1.165, 1.54) is 0 Å². The number of nitrogens with one attached hydrogen (secondary N) is 1. The lowest BCUT2D eigenvalue weighted by Crippen LogP contribution is -2.12. The first-order valence-corrected chi connectivity index (χ1v) is 7.60. The van der Waals surface area contributed by atoms with Crippen LogP contribution in [0.2, 0.25) is 5.02 Å². The quantitative estimate of drug-likeness (QED) is 0.636. The minimum absolute atomic E-state index is 0.156. The van der Waals surface area contributed by atoms with Crippen molar-refractivity contribution in [3.63, 3.8) is 0 Å². The number of hydrogen-bond donors (Lipinski definition) is 3. The predicted octanol–water partition coefficient (Wildman–Crippen LogP) is 4.95. The van der Waals surface area contributed by atoms with Gasteiger partial charge in [-0.1, -0.05) is 48.0 Å². The van der Waals surface area contributed by atoms with E-state index in [-0.39, 0.29) is 17.5 Å². The van der Waals surface area contributed by atoms with Gasteiger partial charge in [0.1, 0.15) is 11.5 Å². The lowest BCUT2D eigenvalue weighted by Gasteiger charge is -2.22. The molecule has 0 saturated carbocycles. The predicted molar refractivity (Wildman–Crippen MR) is 93.1 cm³/mol. The van der Waals surface area contributed by atoms with E-state index in [1.807, 2.05) is 48.5 Å². The Hall–Kier alpha value is -2.65. The van der Waals surface area contributed by atoms with Crippen LogP contribution in [0.1, 0.15) is 17.2 Å². The summed E-state index contributed by atoms with van der Waals surface area (Å²) < 4.78 is 0. The van der Waals surface area contributed by atoms with E-state index < -0.39 is 0 Å². The summed E-state index contributed by atoms with van der Waals surface area (Å²) in [6, 6.07) is 21.4. The van der Waals surface area contributed by atoms with Gasteiger partial charge in [-0.15, -0.1) is 0 Å². The fourth-order valence-corrected chi connectivity index (χ4v) is 2.62. The average molecular weight is 326 g/mol. The lowest BCUT2D eigenvalue weighted by atomic mass is 9.98. The van der Waals surface area contributed by atoms with Crippen LogP contribution in [0.4, 0.5) is 5.69 Å². The van der Waals surface area contributed by atoms with Crippen LogP contribution in [-0.4, -0.2) is 10.2 Å². The molecule has 0 spiro atoms. The number of phenols is 2. The van der Waals surface area contributed by atoms with E-state index in [9.17, 15) is 10.2 Å². The summed E-state index contributed by atoms with van der Waals surface area (Å²) in [5.41, 5.74) is 2.78. The highest BCUT2D eigenvalue weighted by atomic mass is 35.5. The van der Waals surface area contributed by atoms with Crippen molar-refractivity contribution < 1.29 is 10.2 Å². The molecule has 0 saturated heterocycles. The fourth-order valence-electron chi connectivity index (χ4n) is 2.43. The second-order valence-electron chi connectivity index (χ2n) is 5.24. The van der Waals surface area contributed by atoms with E-state index in [4.69, 9.17) is 11.6 Å². The van der Waals surface area contributed by atoms with Gasteiger partial charge >= 0.3 is 0 Å². The van der Waals surface area contributed by atoms with Gasteiger partial charge in [0, 0.05) is 0 Å². The molecular weight excluding hydrogens is 310 g/mol. The maximum Gasteiger partial charge on any atom is 0.115 e. The third kappa shape index (κ3) is 3.58. The normalized spacial score (nSPS) is 10.7. The van der Waals surface area contributed by atoms with Crippen molar-refractivity contribution in [3.05, 3.63) is 88.9 Å². The fraction of sp³-hybridized carbons (Fsp3) is 0.0526. The molecule has 0 aromatic heterocycles. The average Bonchev–Trinajstić information content (AvgIpc) is 2.56. The summed E-state index contributed by atoms with van der Waals surface area (Å²) in [5, 5.41) is 23.1. The second kappa shape index (κ2) is 6.63. The van der Waals surface area contributed by atoms with Crippen molar-refractivity contribution in [1.29, 1.82) is 0 Å². The molecule has 4 heteroatoms. The van der Waals surface area contributed by atoms with Crippen LogP contribution in [0, 0.1) is 0 Å². The molecule has 3 aromatic carbocycles. The number of benzene rings is 3. The van der Waals surface area contributed by atoms with Crippen LogP contribution in [0.5, 0.6) is 11.5 Å². The number of phenolic OH excluding ortho intramolecular Hbond substituents is 2. The zero-order valence-corrected chi connectivity index (χ0v) is 13.0. The number of anilines is 1. The van der Waals surface area contributed by atoms with Gasteiger partial charge in [0.25, 0.3) is 0 Å². The Kier molecular flexibility index (Phi) is 4.40. The number of rotatable bonds is 4. The Morgan fingerprint density at radius 2 is 1.17 bits per heavy atom. The van der Waals surface area contributed by atoms with Crippen molar-refractivity contribution >= 4 is 17.3 Å². The third-order valence-corrected chi connectivity index (χ3v) is 3.96. The van der Waals surface area contributed by atoms with Gasteiger partial charge in [0.2, 0.25) is 0 Å². The zero-order valence-electron chi connectivity index (χ0n) is 12.3. The molecule has 0 bridgehead atoms. The molecule has 0 aliphatic carbocycles. The Morgan fingerprint density at radius 1 is 0.696 bits per heavy atom. The van der Waals surface area contributed by atoms with Gasteiger partial charge in [-0.05, 0) is 47.5 Å². The lowest BCUT2D eigenvalue weighted by molar-refractivity contribution is 0.475. The summed E-state index contributed by atoms with van der Waals surface area (Å²) in [6.45, 7) is 0. The minimum atomic E-state index is -0.156. The molecule has 0 radical (unpaired) electrons. The van der Waals surface area contributed by atoms with Gasteiger partial charge in [0.05, 0.1) is 16.8 Å². The number of aromatic hydroxyl groups is 2. The van der Waals surface area contributed by atoms with E-state index in [1.54, 1.807) is 24.3 Å². The van der Waals surface area contributed by atoms with Crippen molar-refractivity contribution in [2.24, 2.45) is 0 Å². The minimum Gasteiger partial charge on any atom is -0.508 e. The Balaban J connectivity index is 2.01. The molecule has 0 heterocycles. The van der Waals surface area contributed by atoms with Crippen LogP contribution in [0.15, 0.2) is 72.8 Å². The van der Waals surface area contributed by atoms with Gasteiger partial charge in [-0.25, -0.2) is 0 Å². The summed E-state index contributed by atoms with van der Waals surface area (Å²) in [5.74, 6) is 0.437. The zero-order chi connectivity index (χ0) is 16.2. The molecule has 3 N–H and O–H groups in total. The van der Waals surface area contributed by atoms with Crippen molar-refractivity contribution in [2.75, 3.05) is 5.32 Å². The molecule has 0 unspecified atom stereocenters. The molecule has 0 atom stereocenters. The van der Waals surface area contributed by atoms with Crippen LogP contribution in [-0.2, 0) is 0 Å². The summed E-state index contributed by atoms with van der Waals surface area (Å²) in [4.78, 5) is 0. The van der Waals surface area contributed by atoms with Crippen molar-refractivity contribution in [3.8, 4) is 11.5 Å². The van der Waals surface area contributed by atoms with Gasteiger partial charge in [0.15, 0.2) is 0 Å². The van der Waals surface area contributed by atoms with E-state index in [2.05, 4.69) is 5.32 Å². The van der Waals surface area contributed by atoms with Crippen LogP contribution in [0.3, 0.4) is 0 Å². The number of halogens is 1. The van der Waals surface area contributed by atoms with Crippen LogP contribution in [0.25, 0.3) is 0 Å². The number of para-hydroxylation sites is 1. The van der Waals surface area contributed by atoms with Crippen LogP contribution < -0.4 is 5.32 Å².